The maximum absolute atomic E-state index is 12.9. The van der Waals surface area contributed by atoms with E-state index < -0.39 is 17.3 Å². The van der Waals surface area contributed by atoms with Gasteiger partial charge in [-0.3, -0.25) is 9.59 Å². The molecule has 0 fully saturated rings. The molecule has 0 bridgehead atoms. The first-order valence-corrected chi connectivity index (χ1v) is 15.2. The number of nitrogens with one attached hydrogen (secondary N) is 1. The number of nitrogen functional groups attached to an aromatic ring is 1. The van der Waals surface area contributed by atoms with E-state index in [1.54, 1.807) is 26.0 Å². The molecule has 9 heteroatoms. The van der Waals surface area contributed by atoms with E-state index in [4.69, 9.17) is 15.6 Å². The zero-order chi connectivity index (χ0) is 34.3. The van der Waals surface area contributed by atoms with Gasteiger partial charge in [-0.25, -0.2) is 14.4 Å². The number of carboxylic acid groups (broad SMARTS) is 1. The second-order valence-corrected chi connectivity index (χ2v) is 9.75. The zero-order valence-corrected chi connectivity index (χ0v) is 27.8. The van der Waals surface area contributed by atoms with Crippen LogP contribution in [0.5, 0.6) is 0 Å². The van der Waals surface area contributed by atoms with Crippen molar-refractivity contribution in [1.29, 1.82) is 0 Å². The van der Waals surface area contributed by atoms with Gasteiger partial charge in [0.25, 0.3) is 0 Å². The lowest BCUT2D eigenvalue weighted by atomic mass is 9.83. The van der Waals surface area contributed by atoms with Crippen molar-refractivity contribution in [2.24, 2.45) is 0 Å². The molecular formula is C36H47FN4O4. The second-order valence-electron chi connectivity index (χ2n) is 9.75. The number of aromatic nitrogens is 2. The third-order valence-electron chi connectivity index (χ3n) is 6.85. The average molecular weight is 619 g/mol. The highest BCUT2D eigenvalue weighted by Gasteiger charge is 2.49. The Balaban J connectivity index is 0.000000655. The number of nitrogens with two attached hydrogens (primary N) is 1. The van der Waals surface area contributed by atoms with E-state index in [-0.39, 0.29) is 29.6 Å². The van der Waals surface area contributed by atoms with Gasteiger partial charge in [-0.2, -0.15) is 0 Å². The van der Waals surface area contributed by atoms with Gasteiger partial charge in [0.15, 0.2) is 5.82 Å². The molecular weight excluding hydrogens is 571 g/mol. The summed E-state index contributed by atoms with van der Waals surface area (Å²) in [6, 6.07) is 14.7. The Hall–Kier alpha value is -4.79. The number of carboxylic acids is 1. The molecule has 4 N–H and O–H groups in total. The molecule has 45 heavy (non-hydrogen) atoms. The van der Waals surface area contributed by atoms with E-state index >= 15 is 0 Å². The number of hydrogen-bond donors (Lipinski definition) is 3. The van der Waals surface area contributed by atoms with Gasteiger partial charge < -0.3 is 20.9 Å². The van der Waals surface area contributed by atoms with Gasteiger partial charge in [0, 0.05) is 5.57 Å². The first-order chi connectivity index (χ1) is 21.4. The lowest BCUT2D eigenvalue weighted by Gasteiger charge is -2.24. The number of anilines is 2. The molecule has 4 rings (SSSR count). The Morgan fingerprint density at radius 2 is 1.58 bits per heavy atom. The van der Waals surface area contributed by atoms with Gasteiger partial charge in [-0.15, -0.1) is 0 Å². The van der Waals surface area contributed by atoms with Gasteiger partial charge in [-0.05, 0) is 55.0 Å². The van der Waals surface area contributed by atoms with Gasteiger partial charge >= 0.3 is 5.97 Å². The molecule has 1 unspecified atom stereocenters. The fraction of sp³-hybridized carbons (Fsp3) is 0.333. The maximum Gasteiger partial charge on any atom is 0.307 e. The van der Waals surface area contributed by atoms with Crippen LogP contribution in [0.4, 0.5) is 16.0 Å². The molecule has 0 saturated carbocycles. The van der Waals surface area contributed by atoms with Crippen LogP contribution in [0.15, 0.2) is 79.3 Å². The third-order valence-corrected chi connectivity index (χ3v) is 6.85. The standard InChI is InChI=1S/C24H26N4O4.C8H9F.2C2H6/c1-6-16-9-7-8-10-17(16)14(3)21-26-20(25)19-22(27-21)28-23(31)24(19,5)15(4)32-12-13(2)11-18(29)30;1-2-7-5-3-4-6-8(7)9;2*1-2/h7-10,12H,3-4,6,11H2,1-2,5H3,(H,29,30)(H3,25,26,27,28,31);3-6H,2H2,1H3;2*1-2H3/b13-12+;;;. The molecule has 242 valence electrons. The van der Waals surface area contributed by atoms with Crippen molar-refractivity contribution >= 4 is 29.1 Å². The third kappa shape index (κ3) is 9.35. The van der Waals surface area contributed by atoms with E-state index in [0.29, 0.717) is 22.5 Å². The summed E-state index contributed by atoms with van der Waals surface area (Å²) in [6.45, 7) is 23.2. The molecule has 0 spiro atoms. The summed E-state index contributed by atoms with van der Waals surface area (Å²) in [5.74, 6) is -0.729. The van der Waals surface area contributed by atoms with Gasteiger partial charge in [0.2, 0.25) is 5.91 Å². The molecule has 0 aliphatic carbocycles. The molecule has 1 amide bonds. The predicted molar refractivity (Wildman–Crippen MR) is 181 cm³/mol. The van der Waals surface area contributed by atoms with Crippen LogP contribution in [0, 0.1) is 5.82 Å². The van der Waals surface area contributed by atoms with E-state index in [1.165, 1.54) is 12.3 Å². The van der Waals surface area contributed by atoms with Crippen molar-refractivity contribution in [3.63, 3.8) is 0 Å². The highest BCUT2D eigenvalue weighted by atomic mass is 19.1. The van der Waals surface area contributed by atoms with Crippen LogP contribution in [0.1, 0.15) is 89.9 Å². The number of aliphatic carboxylic acids is 1. The lowest BCUT2D eigenvalue weighted by molar-refractivity contribution is -0.136. The van der Waals surface area contributed by atoms with Crippen LogP contribution in [0.2, 0.25) is 0 Å². The largest absolute Gasteiger partial charge is 0.481 e. The van der Waals surface area contributed by atoms with E-state index in [0.717, 1.165) is 29.5 Å². The maximum atomic E-state index is 12.9. The van der Waals surface area contributed by atoms with Crippen LogP contribution in [0.25, 0.3) is 5.57 Å². The molecule has 2 aromatic carbocycles. The average Bonchev–Trinajstić information content (AvgIpc) is 3.31. The number of ether oxygens (including phenoxy) is 1. The van der Waals surface area contributed by atoms with E-state index in [9.17, 15) is 14.0 Å². The molecule has 1 aliphatic rings. The predicted octanol–water partition coefficient (Wildman–Crippen LogP) is 8.24. The lowest BCUT2D eigenvalue weighted by Crippen LogP contribution is -2.34. The van der Waals surface area contributed by atoms with Gasteiger partial charge in [0.1, 0.15) is 28.6 Å². The van der Waals surface area contributed by atoms with Gasteiger partial charge in [0.05, 0.1) is 18.2 Å². The number of aryl methyl sites for hydroxylation is 2. The summed E-state index contributed by atoms with van der Waals surface area (Å²) >= 11 is 0. The fourth-order valence-electron chi connectivity index (χ4n) is 4.41. The SMILES string of the molecule is C=C(c1nc(N)c2c(n1)NC(=O)C2(C)C(=C)O/C=C(\C)CC(=O)O)c1ccccc1CC.CC.CC.CCc1ccccc1F. The Labute approximate surface area is 267 Å². The summed E-state index contributed by atoms with van der Waals surface area (Å²) in [6.07, 6.45) is 2.66. The number of hydrogen-bond acceptors (Lipinski definition) is 6. The number of nitrogens with zero attached hydrogens (tertiary/aromatic N) is 2. The van der Waals surface area contributed by atoms with E-state index in [1.807, 2.05) is 71.9 Å². The summed E-state index contributed by atoms with van der Waals surface area (Å²) in [5, 5.41) is 11.6. The molecule has 1 atom stereocenters. The Kier molecular flexibility index (Phi) is 15.4. The number of carbonyl (C=O) groups excluding carboxylic acids is 1. The van der Waals surface area contributed by atoms with Crippen molar-refractivity contribution in [3.05, 3.63) is 113 Å². The molecule has 1 aliphatic heterocycles. The Morgan fingerprint density at radius 1 is 1.02 bits per heavy atom. The van der Waals surface area contributed by atoms with Crippen molar-refractivity contribution in [2.75, 3.05) is 11.1 Å². The zero-order valence-electron chi connectivity index (χ0n) is 27.8. The molecule has 0 radical (unpaired) electrons. The number of rotatable bonds is 9. The minimum Gasteiger partial charge on any atom is -0.481 e. The molecule has 0 saturated heterocycles. The Bertz CT molecular complexity index is 1530. The topological polar surface area (TPSA) is 127 Å². The number of halogens is 1. The monoisotopic (exact) mass is 618 g/mol. The first kappa shape index (κ1) is 38.2. The summed E-state index contributed by atoms with van der Waals surface area (Å²) < 4.78 is 18.1. The smallest absolute Gasteiger partial charge is 0.307 e. The fourth-order valence-corrected chi connectivity index (χ4v) is 4.41. The van der Waals surface area contributed by atoms with Crippen LogP contribution in [-0.4, -0.2) is 27.0 Å². The Morgan fingerprint density at radius 3 is 2.11 bits per heavy atom. The molecule has 2 heterocycles. The number of fused-ring (bicyclic) bond motifs is 1. The van der Waals surface area contributed by atoms with Crippen LogP contribution in [-0.2, 0) is 32.6 Å². The number of carbonyl (C=O) groups is 2. The highest BCUT2D eigenvalue weighted by Crippen LogP contribution is 2.45. The molecule has 8 nitrogen and oxygen atoms in total. The second kappa shape index (κ2) is 18.1. The first-order valence-electron chi connectivity index (χ1n) is 15.2. The van der Waals surface area contributed by atoms with Crippen LogP contribution < -0.4 is 11.1 Å². The normalized spacial score (nSPS) is 14.6. The summed E-state index contributed by atoms with van der Waals surface area (Å²) in [7, 11) is 0. The number of amides is 1. The molecule has 1 aromatic heterocycles. The summed E-state index contributed by atoms with van der Waals surface area (Å²) in [5.41, 5.74) is 9.15. The van der Waals surface area contributed by atoms with E-state index in [2.05, 4.69) is 28.4 Å². The van der Waals surface area contributed by atoms with Crippen molar-refractivity contribution in [1.82, 2.24) is 9.97 Å². The van der Waals surface area contributed by atoms with Crippen LogP contribution in [0.3, 0.4) is 0 Å². The van der Waals surface area contributed by atoms with Crippen LogP contribution >= 0.6 is 0 Å². The minimum atomic E-state index is -1.35. The number of benzene rings is 2. The highest BCUT2D eigenvalue weighted by molar-refractivity contribution is 6.08. The van der Waals surface area contributed by atoms with Crippen molar-refractivity contribution < 1.29 is 23.8 Å². The quantitative estimate of drug-likeness (QED) is 0.206. The molecule has 3 aromatic rings. The summed E-state index contributed by atoms with van der Waals surface area (Å²) in [4.78, 5) is 32.7. The van der Waals surface area contributed by atoms with Crippen molar-refractivity contribution in [3.8, 4) is 0 Å². The van der Waals surface area contributed by atoms with Crippen molar-refractivity contribution in [2.45, 2.75) is 80.1 Å². The van der Waals surface area contributed by atoms with Gasteiger partial charge in [-0.1, -0.05) is 97.2 Å². The minimum absolute atomic E-state index is 0.0803.